The first-order valence-electron chi connectivity index (χ1n) is 7.53. The van der Waals surface area contributed by atoms with Crippen molar-refractivity contribution in [3.8, 4) is 0 Å². The van der Waals surface area contributed by atoms with Crippen LogP contribution < -0.4 is 11.1 Å². The molecule has 2 heterocycles. The van der Waals surface area contributed by atoms with Crippen molar-refractivity contribution in [2.75, 3.05) is 18.4 Å². The zero-order valence-corrected chi connectivity index (χ0v) is 13.4. The standard InChI is InChI=1S/C16H18N4O2S/c17-9-14-18-13(10-23-14)15(21)19-12-6-2-1-5-11(12)16(22)20-7-3-4-8-20/h1-2,5-6,10H,3-4,7-9,17H2,(H,19,21). The van der Waals surface area contributed by atoms with Gasteiger partial charge in [0.25, 0.3) is 11.8 Å². The van der Waals surface area contributed by atoms with Gasteiger partial charge in [-0.15, -0.1) is 11.3 Å². The minimum absolute atomic E-state index is 0.0423. The van der Waals surface area contributed by atoms with Crippen LogP contribution in [-0.4, -0.2) is 34.8 Å². The number of thiazole rings is 1. The van der Waals surface area contributed by atoms with Crippen molar-refractivity contribution >= 4 is 28.8 Å². The Morgan fingerprint density at radius 1 is 1.26 bits per heavy atom. The third-order valence-electron chi connectivity index (χ3n) is 3.76. The number of para-hydroxylation sites is 1. The first-order chi connectivity index (χ1) is 11.2. The van der Waals surface area contributed by atoms with Gasteiger partial charge in [-0.2, -0.15) is 0 Å². The number of nitrogens with two attached hydrogens (primary N) is 1. The largest absolute Gasteiger partial charge is 0.339 e. The molecule has 0 saturated carbocycles. The number of anilines is 1. The summed E-state index contributed by atoms with van der Waals surface area (Å²) in [6, 6.07) is 7.07. The van der Waals surface area contributed by atoms with E-state index in [1.165, 1.54) is 11.3 Å². The average Bonchev–Trinajstić information content (AvgIpc) is 3.26. The molecular formula is C16H18N4O2S. The van der Waals surface area contributed by atoms with Gasteiger partial charge in [0.2, 0.25) is 0 Å². The van der Waals surface area contributed by atoms with E-state index in [0.717, 1.165) is 25.9 Å². The molecule has 0 bridgehead atoms. The Balaban J connectivity index is 1.79. The number of aromatic nitrogens is 1. The minimum atomic E-state index is -0.331. The summed E-state index contributed by atoms with van der Waals surface area (Å²) in [5, 5.41) is 5.16. The van der Waals surface area contributed by atoms with E-state index in [0.29, 0.717) is 28.5 Å². The van der Waals surface area contributed by atoms with E-state index in [9.17, 15) is 9.59 Å². The van der Waals surface area contributed by atoms with Gasteiger partial charge in [-0.3, -0.25) is 9.59 Å². The lowest BCUT2D eigenvalue weighted by Gasteiger charge is -2.17. The highest BCUT2D eigenvalue weighted by molar-refractivity contribution is 7.09. The molecule has 0 atom stereocenters. The van der Waals surface area contributed by atoms with Gasteiger partial charge in [0.1, 0.15) is 10.7 Å². The fourth-order valence-corrected chi connectivity index (χ4v) is 3.22. The minimum Gasteiger partial charge on any atom is -0.339 e. The molecule has 0 unspecified atom stereocenters. The van der Waals surface area contributed by atoms with E-state index in [2.05, 4.69) is 10.3 Å². The molecule has 1 fully saturated rings. The number of hydrogen-bond donors (Lipinski definition) is 2. The van der Waals surface area contributed by atoms with Gasteiger partial charge in [-0.05, 0) is 25.0 Å². The lowest BCUT2D eigenvalue weighted by molar-refractivity contribution is 0.0794. The van der Waals surface area contributed by atoms with Crippen LogP contribution in [0.2, 0.25) is 0 Å². The zero-order valence-electron chi connectivity index (χ0n) is 12.6. The summed E-state index contributed by atoms with van der Waals surface area (Å²) in [5.74, 6) is -0.373. The van der Waals surface area contributed by atoms with Crippen molar-refractivity contribution in [1.29, 1.82) is 0 Å². The number of likely N-dealkylation sites (tertiary alicyclic amines) is 1. The average molecular weight is 330 g/mol. The second-order valence-corrected chi connectivity index (χ2v) is 6.27. The van der Waals surface area contributed by atoms with Crippen LogP contribution in [0.15, 0.2) is 29.6 Å². The SMILES string of the molecule is NCc1nc(C(=O)Nc2ccccc2C(=O)N2CCCC2)cs1. The molecule has 6 nitrogen and oxygen atoms in total. The first kappa shape index (κ1) is 15.6. The molecule has 3 N–H and O–H groups in total. The van der Waals surface area contributed by atoms with E-state index >= 15 is 0 Å². The molecule has 1 aliphatic rings. The van der Waals surface area contributed by atoms with Crippen LogP contribution in [0, 0.1) is 0 Å². The van der Waals surface area contributed by atoms with Crippen molar-refractivity contribution in [2.45, 2.75) is 19.4 Å². The second kappa shape index (κ2) is 6.89. The van der Waals surface area contributed by atoms with Crippen LogP contribution in [0.1, 0.15) is 38.7 Å². The first-order valence-corrected chi connectivity index (χ1v) is 8.41. The predicted octanol–water partition coefficient (Wildman–Crippen LogP) is 2.09. The lowest BCUT2D eigenvalue weighted by Crippen LogP contribution is -2.28. The predicted molar refractivity (Wildman–Crippen MR) is 89.5 cm³/mol. The summed E-state index contributed by atoms with van der Waals surface area (Å²) in [5.41, 5.74) is 6.86. The fourth-order valence-electron chi connectivity index (χ4n) is 2.56. The third kappa shape index (κ3) is 3.40. The van der Waals surface area contributed by atoms with Crippen LogP contribution in [0.25, 0.3) is 0 Å². The third-order valence-corrected chi connectivity index (χ3v) is 4.63. The van der Waals surface area contributed by atoms with E-state index < -0.39 is 0 Å². The number of amides is 2. The molecule has 1 aromatic heterocycles. The van der Waals surface area contributed by atoms with Crippen LogP contribution in [0.5, 0.6) is 0 Å². The summed E-state index contributed by atoms with van der Waals surface area (Å²) in [6.07, 6.45) is 2.06. The molecule has 0 radical (unpaired) electrons. The van der Waals surface area contributed by atoms with Gasteiger partial charge in [0.05, 0.1) is 11.3 Å². The number of nitrogens with zero attached hydrogens (tertiary/aromatic N) is 2. The molecule has 2 aromatic rings. The van der Waals surface area contributed by atoms with Gasteiger partial charge in [-0.25, -0.2) is 4.98 Å². The quantitative estimate of drug-likeness (QED) is 0.898. The van der Waals surface area contributed by atoms with Gasteiger partial charge in [-0.1, -0.05) is 12.1 Å². The number of carbonyl (C=O) groups excluding carboxylic acids is 2. The highest BCUT2D eigenvalue weighted by Crippen LogP contribution is 2.21. The van der Waals surface area contributed by atoms with E-state index in [4.69, 9.17) is 5.73 Å². The van der Waals surface area contributed by atoms with Crippen LogP contribution in [0.4, 0.5) is 5.69 Å². The highest BCUT2D eigenvalue weighted by Gasteiger charge is 2.22. The number of carbonyl (C=O) groups is 2. The Hall–Kier alpha value is -2.25. The molecule has 2 amide bonds. The van der Waals surface area contributed by atoms with Gasteiger partial charge in [0, 0.05) is 25.0 Å². The zero-order chi connectivity index (χ0) is 16.2. The van der Waals surface area contributed by atoms with Gasteiger partial charge < -0.3 is 16.0 Å². The highest BCUT2D eigenvalue weighted by atomic mass is 32.1. The molecule has 1 aliphatic heterocycles. The summed E-state index contributed by atoms with van der Waals surface area (Å²) in [7, 11) is 0. The maximum Gasteiger partial charge on any atom is 0.275 e. The van der Waals surface area contributed by atoms with Crippen molar-refractivity contribution in [2.24, 2.45) is 5.73 Å². The monoisotopic (exact) mass is 330 g/mol. The summed E-state index contributed by atoms with van der Waals surface area (Å²) in [4.78, 5) is 30.9. The maximum absolute atomic E-state index is 12.6. The van der Waals surface area contributed by atoms with Crippen molar-refractivity contribution in [3.05, 3.63) is 45.9 Å². The number of nitrogens with one attached hydrogen (secondary N) is 1. The Morgan fingerprint density at radius 2 is 2.00 bits per heavy atom. The number of rotatable bonds is 4. The summed E-state index contributed by atoms with van der Waals surface area (Å²) in [6.45, 7) is 1.85. The Morgan fingerprint density at radius 3 is 2.70 bits per heavy atom. The van der Waals surface area contributed by atoms with Crippen LogP contribution in [0.3, 0.4) is 0 Å². The van der Waals surface area contributed by atoms with Crippen molar-refractivity contribution in [3.63, 3.8) is 0 Å². The molecule has 7 heteroatoms. The van der Waals surface area contributed by atoms with Crippen LogP contribution >= 0.6 is 11.3 Å². The van der Waals surface area contributed by atoms with E-state index in [1.807, 2.05) is 4.90 Å². The molecular weight excluding hydrogens is 312 g/mol. The molecule has 0 aliphatic carbocycles. The fraction of sp³-hybridized carbons (Fsp3) is 0.312. The molecule has 23 heavy (non-hydrogen) atoms. The van der Waals surface area contributed by atoms with Crippen molar-refractivity contribution in [1.82, 2.24) is 9.88 Å². The summed E-state index contributed by atoms with van der Waals surface area (Å²) >= 11 is 1.35. The normalized spacial score (nSPS) is 14.0. The number of hydrogen-bond acceptors (Lipinski definition) is 5. The Labute approximate surface area is 138 Å². The second-order valence-electron chi connectivity index (χ2n) is 5.33. The van der Waals surface area contributed by atoms with Crippen molar-refractivity contribution < 1.29 is 9.59 Å². The topological polar surface area (TPSA) is 88.3 Å². The maximum atomic E-state index is 12.6. The Kier molecular flexibility index (Phi) is 4.68. The number of benzene rings is 1. The lowest BCUT2D eigenvalue weighted by atomic mass is 10.1. The smallest absolute Gasteiger partial charge is 0.275 e. The van der Waals surface area contributed by atoms with Gasteiger partial charge in [0.15, 0.2) is 0 Å². The van der Waals surface area contributed by atoms with E-state index in [-0.39, 0.29) is 11.8 Å². The molecule has 1 saturated heterocycles. The van der Waals surface area contributed by atoms with Crippen LogP contribution in [-0.2, 0) is 6.54 Å². The molecule has 3 rings (SSSR count). The van der Waals surface area contributed by atoms with E-state index in [1.54, 1.807) is 29.6 Å². The van der Waals surface area contributed by atoms with Gasteiger partial charge >= 0.3 is 0 Å². The Bertz CT molecular complexity index is 722. The molecule has 120 valence electrons. The molecule has 1 aromatic carbocycles. The summed E-state index contributed by atoms with van der Waals surface area (Å²) < 4.78 is 0. The molecule has 0 spiro atoms.